The fourth-order valence-electron chi connectivity index (χ4n) is 3.94. The van der Waals surface area contributed by atoms with Crippen LogP contribution in [-0.2, 0) is 11.8 Å². The van der Waals surface area contributed by atoms with Gasteiger partial charge in [-0.2, -0.15) is 5.26 Å². The maximum atomic E-state index is 12.6. The smallest absolute Gasteiger partial charge is 0.312 e. The lowest BCUT2D eigenvalue weighted by molar-refractivity contribution is 0.686. The minimum Gasteiger partial charge on any atom is -0.312 e. The molecule has 0 bridgehead atoms. The van der Waals surface area contributed by atoms with Crippen molar-refractivity contribution in [2.45, 2.75) is 25.7 Å². The van der Waals surface area contributed by atoms with Crippen molar-refractivity contribution in [3.63, 3.8) is 0 Å². The van der Waals surface area contributed by atoms with Crippen LogP contribution in [0, 0.1) is 11.3 Å². The highest BCUT2D eigenvalue weighted by Gasteiger charge is 2.20. The second-order valence-electron chi connectivity index (χ2n) is 8.39. The van der Waals surface area contributed by atoms with Gasteiger partial charge in [-0.25, -0.2) is 4.79 Å². The van der Waals surface area contributed by atoms with E-state index in [-0.39, 0.29) is 5.69 Å². The summed E-state index contributed by atoms with van der Waals surface area (Å²) in [6.45, 7) is 3.74. The standard InChI is InChI=1S/C26H21N5O/c1-26(2,16-27)20-6-8-21(9-7-20)31-24(15-30-25(31)32)23-13-17(10-11-28-23)19-12-18-4-3-5-22(18)29-14-19/h3-4,6-15H,5H2,1-2H3,(H,30,32). The van der Waals surface area contributed by atoms with Gasteiger partial charge in [-0.05, 0) is 60.9 Å². The Morgan fingerprint density at radius 1 is 1.09 bits per heavy atom. The number of pyridine rings is 2. The molecular weight excluding hydrogens is 398 g/mol. The van der Waals surface area contributed by atoms with Gasteiger partial charge in [0, 0.05) is 30.6 Å². The van der Waals surface area contributed by atoms with Gasteiger partial charge in [0.25, 0.3) is 0 Å². The van der Waals surface area contributed by atoms with Crippen LogP contribution in [-0.4, -0.2) is 19.5 Å². The Labute approximate surface area is 185 Å². The van der Waals surface area contributed by atoms with Crippen LogP contribution in [0.25, 0.3) is 34.3 Å². The molecule has 0 amide bonds. The normalized spacial score (nSPS) is 12.5. The van der Waals surface area contributed by atoms with Crippen LogP contribution in [0.15, 0.2) is 71.9 Å². The molecule has 0 aliphatic heterocycles. The first kappa shape index (κ1) is 19.7. The summed E-state index contributed by atoms with van der Waals surface area (Å²) < 4.78 is 1.60. The molecule has 156 valence electrons. The average molecular weight is 419 g/mol. The lowest BCUT2D eigenvalue weighted by Gasteiger charge is -2.16. The quantitative estimate of drug-likeness (QED) is 0.521. The van der Waals surface area contributed by atoms with Crippen LogP contribution in [0.3, 0.4) is 0 Å². The second-order valence-corrected chi connectivity index (χ2v) is 8.39. The number of rotatable bonds is 4. The third-order valence-corrected chi connectivity index (χ3v) is 5.87. The summed E-state index contributed by atoms with van der Waals surface area (Å²) in [6, 6.07) is 15.8. The van der Waals surface area contributed by atoms with Gasteiger partial charge in [0.05, 0.1) is 34.3 Å². The molecular formula is C26H21N5O. The van der Waals surface area contributed by atoms with E-state index in [9.17, 15) is 10.1 Å². The summed E-state index contributed by atoms with van der Waals surface area (Å²) in [5.74, 6) is 0. The Bertz CT molecular complexity index is 1450. The molecule has 1 aliphatic rings. The van der Waals surface area contributed by atoms with Gasteiger partial charge < -0.3 is 4.98 Å². The van der Waals surface area contributed by atoms with Crippen molar-refractivity contribution >= 4 is 6.08 Å². The Morgan fingerprint density at radius 2 is 1.91 bits per heavy atom. The molecule has 1 N–H and O–H groups in total. The Morgan fingerprint density at radius 3 is 2.69 bits per heavy atom. The molecule has 0 saturated carbocycles. The van der Waals surface area contributed by atoms with Crippen molar-refractivity contribution in [1.29, 1.82) is 5.26 Å². The summed E-state index contributed by atoms with van der Waals surface area (Å²) in [6.07, 6.45) is 10.4. The van der Waals surface area contributed by atoms with Gasteiger partial charge in [0.1, 0.15) is 0 Å². The molecule has 6 heteroatoms. The predicted octanol–water partition coefficient (Wildman–Crippen LogP) is 4.66. The van der Waals surface area contributed by atoms with Crippen molar-refractivity contribution in [2.75, 3.05) is 0 Å². The minimum atomic E-state index is -0.598. The molecule has 1 aromatic carbocycles. The minimum absolute atomic E-state index is 0.246. The van der Waals surface area contributed by atoms with Crippen LogP contribution in [0.2, 0.25) is 0 Å². The number of aromatic amines is 1. The van der Waals surface area contributed by atoms with Crippen LogP contribution in [0.5, 0.6) is 0 Å². The van der Waals surface area contributed by atoms with E-state index in [2.05, 4.69) is 39.2 Å². The number of hydrogen-bond acceptors (Lipinski definition) is 4. The molecule has 4 aromatic rings. The SMILES string of the molecule is CC(C)(C#N)c1ccc(-n2c(-c3cc(-c4cnc5c(c4)C=CC5)ccn3)c[nH]c2=O)cc1. The number of fused-ring (bicyclic) bond motifs is 1. The highest BCUT2D eigenvalue weighted by molar-refractivity contribution is 5.72. The van der Waals surface area contributed by atoms with Gasteiger partial charge >= 0.3 is 5.69 Å². The molecule has 1 aliphatic carbocycles. The van der Waals surface area contributed by atoms with Crippen LogP contribution < -0.4 is 5.69 Å². The Kier molecular flexibility index (Phi) is 4.60. The zero-order valence-electron chi connectivity index (χ0n) is 17.8. The first-order valence-electron chi connectivity index (χ1n) is 10.4. The number of nitrogens with zero attached hydrogens (tertiary/aromatic N) is 4. The van der Waals surface area contributed by atoms with Crippen molar-refractivity contribution in [3.05, 3.63) is 94.4 Å². The summed E-state index contributed by atoms with van der Waals surface area (Å²) in [5.41, 5.74) is 6.32. The topological polar surface area (TPSA) is 87.4 Å². The van der Waals surface area contributed by atoms with E-state index in [1.807, 2.05) is 56.4 Å². The third-order valence-electron chi connectivity index (χ3n) is 5.87. The summed E-state index contributed by atoms with van der Waals surface area (Å²) in [5, 5.41) is 9.38. The molecule has 0 fully saturated rings. The van der Waals surface area contributed by atoms with Gasteiger partial charge in [-0.3, -0.25) is 14.5 Å². The molecule has 3 heterocycles. The zero-order valence-corrected chi connectivity index (χ0v) is 17.8. The molecule has 32 heavy (non-hydrogen) atoms. The number of aromatic nitrogens is 4. The van der Waals surface area contributed by atoms with E-state index in [1.165, 1.54) is 0 Å². The van der Waals surface area contributed by atoms with Crippen LogP contribution in [0.4, 0.5) is 0 Å². The fourth-order valence-corrected chi connectivity index (χ4v) is 3.94. The molecule has 0 radical (unpaired) electrons. The van der Waals surface area contributed by atoms with E-state index in [0.717, 1.165) is 34.4 Å². The zero-order chi connectivity index (χ0) is 22.3. The fraction of sp³-hybridized carbons (Fsp3) is 0.154. The lowest BCUT2D eigenvalue weighted by Crippen LogP contribution is -2.17. The molecule has 0 saturated heterocycles. The highest BCUT2D eigenvalue weighted by Crippen LogP contribution is 2.29. The van der Waals surface area contributed by atoms with Crippen LogP contribution >= 0.6 is 0 Å². The van der Waals surface area contributed by atoms with Gasteiger partial charge in [0.2, 0.25) is 0 Å². The Balaban J connectivity index is 1.55. The van der Waals surface area contributed by atoms with Gasteiger partial charge in [-0.15, -0.1) is 0 Å². The number of imidazole rings is 1. The van der Waals surface area contributed by atoms with E-state index >= 15 is 0 Å². The molecule has 5 rings (SSSR count). The number of benzene rings is 1. The monoisotopic (exact) mass is 419 g/mol. The molecule has 6 nitrogen and oxygen atoms in total. The van der Waals surface area contributed by atoms with E-state index < -0.39 is 5.41 Å². The third kappa shape index (κ3) is 3.34. The molecule has 0 unspecified atom stereocenters. The largest absolute Gasteiger partial charge is 0.330 e. The van der Waals surface area contributed by atoms with Crippen molar-refractivity contribution in [3.8, 4) is 34.3 Å². The lowest BCUT2D eigenvalue weighted by atomic mass is 9.86. The van der Waals surface area contributed by atoms with E-state index in [1.54, 1.807) is 17.0 Å². The second kappa shape index (κ2) is 7.47. The van der Waals surface area contributed by atoms with Gasteiger partial charge in [0.15, 0.2) is 0 Å². The van der Waals surface area contributed by atoms with Crippen molar-refractivity contribution < 1.29 is 0 Å². The summed E-state index contributed by atoms with van der Waals surface area (Å²) in [7, 11) is 0. The number of hydrogen-bond donors (Lipinski definition) is 1. The van der Waals surface area contributed by atoms with Gasteiger partial charge in [-0.1, -0.05) is 24.3 Å². The number of H-pyrrole nitrogens is 1. The van der Waals surface area contributed by atoms with Crippen molar-refractivity contribution in [1.82, 2.24) is 19.5 Å². The Hall–Kier alpha value is -4.24. The number of allylic oxidation sites excluding steroid dienone is 1. The predicted molar refractivity (Wildman–Crippen MR) is 124 cm³/mol. The van der Waals surface area contributed by atoms with Crippen molar-refractivity contribution in [2.24, 2.45) is 0 Å². The number of nitriles is 1. The molecule has 0 spiro atoms. The number of nitrogens with one attached hydrogen (secondary N) is 1. The van der Waals surface area contributed by atoms with E-state index in [4.69, 9.17) is 0 Å². The molecule has 3 aromatic heterocycles. The maximum absolute atomic E-state index is 12.6. The van der Waals surface area contributed by atoms with E-state index in [0.29, 0.717) is 17.1 Å². The highest BCUT2D eigenvalue weighted by atomic mass is 16.1. The first-order chi connectivity index (χ1) is 15.5. The average Bonchev–Trinajstić information content (AvgIpc) is 3.45. The van der Waals surface area contributed by atoms with Crippen LogP contribution in [0.1, 0.15) is 30.7 Å². The molecule has 0 atom stereocenters. The summed E-state index contributed by atoms with van der Waals surface area (Å²) >= 11 is 0. The summed E-state index contributed by atoms with van der Waals surface area (Å²) in [4.78, 5) is 24.5. The first-order valence-corrected chi connectivity index (χ1v) is 10.4. The maximum Gasteiger partial charge on any atom is 0.330 e.